The highest BCUT2D eigenvalue weighted by atomic mass is 16.6. The van der Waals surface area contributed by atoms with E-state index in [4.69, 9.17) is 38.4 Å². The second kappa shape index (κ2) is 26.5. The van der Waals surface area contributed by atoms with Crippen molar-refractivity contribution in [2.75, 3.05) is 40.5 Å². The molecule has 7 aromatic rings. The number of carboxylic acids is 1. The molecular formula is C62H68N8O11. The Labute approximate surface area is 470 Å². The first-order valence-electron chi connectivity index (χ1n) is 27.4. The van der Waals surface area contributed by atoms with Crippen LogP contribution in [0.4, 0.5) is 10.6 Å². The molecule has 1 aliphatic heterocycles. The number of methoxy groups -OCH3 is 2. The van der Waals surface area contributed by atoms with Crippen molar-refractivity contribution >= 4 is 47.3 Å². The maximum atomic E-state index is 14.7. The van der Waals surface area contributed by atoms with Gasteiger partial charge >= 0.3 is 18.0 Å². The number of ether oxygens (including phenoxy) is 6. The molecule has 0 saturated carbocycles. The molecular weight excluding hydrogens is 1030 g/mol. The number of aliphatic imine (C=N–C) groups is 1. The molecule has 2 aliphatic rings. The summed E-state index contributed by atoms with van der Waals surface area (Å²) in [4.78, 5) is 74.9. The number of carbonyl (C=O) groups is 4. The summed E-state index contributed by atoms with van der Waals surface area (Å²) in [7, 11) is 3.17. The summed E-state index contributed by atoms with van der Waals surface area (Å²) in [6.45, 7) is 7.14. The van der Waals surface area contributed by atoms with Gasteiger partial charge in [0, 0.05) is 19.0 Å². The second-order valence-corrected chi connectivity index (χ2v) is 20.0. The predicted octanol–water partition coefficient (Wildman–Crippen LogP) is 9.50. The number of fused-ring (bicyclic) bond motifs is 4. The van der Waals surface area contributed by atoms with Crippen LogP contribution >= 0.6 is 0 Å². The summed E-state index contributed by atoms with van der Waals surface area (Å²) in [5, 5.41) is 15.4. The highest BCUT2D eigenvalue weighted by Gasteiger charge is 2.51. The van der Waals surface area contributed by atoms with Crippen molar-refractivity contribution in [3.8, 4) is 22.6 Å². The molecule has 422 valence electrons. The van der Waals surface area contributed by atoms with Crippen LogP contribution < -0.4 is 20.1 Å². The van der Waals surface area contributed by atoms with Gasteiger partial charge in [-0.1, -0.05) is 130 Å². The minimum Gasteiger partial charge on any atom is -0.497 e. The number of imidazole rings is 1. The molecule has 19 nitrogen and oxygen atoms in total. The number of carboxylic acid groups (broad SMARTS) is 1. The maximum absolute atomic E-state index is 14.7. The van der Waals surface area contributed by atoms with E-state index in [1.165, 1.54) is 19.6 Å². The van der Waals surface area contributed by atoms with Crippen molar-refractivity contribution < 1.29 is 52.7 Å². The van der Waals surface area contributed by atoms with Crippen LogP contribution in [-0.4, -0.2) is 125 Å². The number of unbranched alkanes of at least 4 members (excludes halogenated alkanes) is 2. The number of nitrogens with one attached hydrogen (secondary N) is 2. The fourth-order valence-electron chi connectivity index (χ4n) is 10.5. The number of aliphatic carboxylic acids is 1. The molecule has 0 bridgehead atoms. The van der Waals surface area contributed by atoms with E-state index in [1.54, 1.807) is 25.1 Å². The van der Waals surface area contributed by atoms with Crippen molar-refractivity contribution in [2.45, 2.75) is 101 Å². The zero-order valence-electron chi connectivity index (χ0n) is 46.1. The lowest BCUT2D eigenvalue weighted by atomic mass is 9.80. The van der Waals surface area contributed by atoms with Gasteiger partial charge in [-0.15, -0.1) is 0 Å². The zero-order valence-corrected chi connectivity index (χ0v) is 46.1. The van der Waals surface area contributed by atoms with Gasteiger partial charge in [0.05, 0.1) is 52.4 Å². The topological polar surface area (TPSA) is 227 Å². The molecule has 1 saturated heterocycles. The van der Waals surface area contributed by atoms with Gasteiger partial charge in [-0.05, 0) is 83.0 Å². The van der Waals surface area contributed by atoms with E-state index in [1.807, 2.05) is 127 Å². The minimum absolute atomic E-state index is 0.0110. The third-order valence-electron chi connectivity index (χ3n) is 14.7. The third kappa shape index (κ3) is 12.8. The van der Waals surface area contributed by atoms with E-state index in [0.717, 1.165) is 66.6 Å². The number of esters is 1. The largest absolute Gasteiger partial charge is 0.497 e. The van der Waals surface area contributed by atoms with Crippen molar-refractivity contribution in [3.63, 3.8) is 0 Å². The molecule has 81 heavy (non-hydrogen) atoms. The number of nitrogens with zero attached hydrogens (tertiary/aromatic N) is 6. The first-order valence-corrected chi connectivity index (χ1v) is 27.4. The molecule has 1 aliphatic carbocycles. The van der Waals surface area contributed by atoms with E-state index >= 15 is 0 Å². The number of amides is 2. The maximum Gasteiger partial charge on any atom is 0.407 e. The summed E-state index contributed by atoms with van der Waals surface area (Å²) >= 11 is 0. The number of aromatic nitrogens is 4. The Bertz CT molecular complexity index is 3200. The monoisotopic (exact) mass is 1100 g/mol. The van der Waals surface area contributed by atoms with Crippen LogP contribution in [0, 0.1) is 0 Å². The molecule has 1 fully saturated rings. The number of alkyl carbamates (subject to hydrolysis) is 1. The van der Waals surface area contributed by atoms with Crippen molar-refractivity contribution in [3.05, 3.63) is 168 Å². The lowest BCUT2D eigenvalue weighted by molar-refractivity contribution is -0.158. The van der Waals surface area contributed by atoms with Crippen LogP contribution in [0.1, 0.15) is 99.3 Å². The molecule has 3 N–H and O–H groups in total. The molecule has 5 atom stereocenters. The minimum atomic E-state index is -1.38. The van der Waals surface area contributed by atoms with E-state index in [0.29, 0.717) is 28.1 Å². The quantitative estimate of drug-likeness (QED) is 0.0199. The van der Waals surface area contributed by atoms with Gasteiger partial charge in [0.25, 0.3) is 0 Å². The molecule has 5 aromatic carbocycles. The van der Waals surface area contributed by atoms with Gasteiger partial charge in [0.1, 0.15) is 42.2 Å². The van der Waals surface area contributed by atoms with E-state index in [-0.39, 0.29) is 30.6 Å². The lowest BCUT2D eigenvalue weighted by Crippen LogP contribution is -2.55. The summed E-state index contributed by atoms with van der Waals surface area (Å²) in [5.74, 6) is -1.48. The van der Waals surface area contributed by atoms with Crippen molar-refractivity contribution in [1.29, 1.82) is 0 Å². The molecule has 2 aromatic heterocycles. The number of rotatable bonds is 26. The molecule has 19 heteroatoms. The Kier molecular flexibility index (Phi) is 18.7. The highest BCUT2D eigenvalue weighted by molar-refractivity contribution is 5.86. The van der Waals surface area contributed by atoms with Crippen molar-refractivity contribution in [1.82, 2.24) is 35.1 Å². The molecule has 0 unspecified atom stereocenters. The molecule has 3 heterocycles. The normalized spacial score (nSPS) is 17.0. The van der Waals surface area contributed by atoms with Gasteiger partial charge in [0.15, 0.2) is 29.3 Å². The first kappa shape index (κ1) is 57.0. The van der Waals surface area contributed by atoms with Gasteiger partial charge in [0.2, 0.25) is 5.91 Å². The fraction of sp³-hybridized carbons (Fsp3) is 0.355. The van der Waals surface area contributed by atoms with E-state index < -0.39 is 72.9 Å². The van der Waals surface area contributed by atoms with Crippen LogP contribution in [-0.2, 0) is 38.9 Å². The van der Waals surface area contributed by atoms with Crippen LogP contribution in [0.5, 0.6) is 11.5 Å². The second-order valence-electron chi connectivity index (χ2n) is 20.0. The van der Waals surface area contributed by atoms with E-state index in [9.17, 15) is 24.3 Å². The van der Waals surface area contributed by atoms with Crippen molar-refractivity contribution in [2.24, 2.45) is 4.99 Å². The first-order chi connectivity index (χ1) is 39.5. The SMILES string of the molecule is CCCCN(/C=N/c1ncnc2c1ncn2[C@@H]1O[C@H](COC(c2ccccc2)(c2ccc(OC)cc2)c2ccc(OC)cc2)[C@@H](NC(=O)[C@H](C)NC(=O)OCC2c3ccccc3-c3ccccc32)[C@H]1OC(=O)CCC(=O)O)CCCC. The van der Waals surface area contributed by atoms with Crippen LogP contribution in [0.3, 0.4) is 0 Å². The average molecular weight is 1100 g/mol. The summed E-state index contributed by atoms with van der Waals surface area (Å²) in [6.07, 6.45) is 2.95. The van der Waals surface area contributed by atoms with Gasteiger partial charge < -0.3 is 49.1 Å². The average Bonchev–Trinajstić information content (AvgIpc) is 4.20. The molecule has 9 rings (SSSR count). The van der Waals surface area contributed by atoms with Gasteiger partial charge in [-0.25, -0.2) is 24.7 Å². The highest BCUT2D eigenvalue weighted by Crippen LogP contribution is 2.46. The summed E-state index contributed by atoms with van der Waals surface area (Å²) in [5.41, 5.74) is 5.56. The number of carbonyl (C=O) groups excluding carboxylic acids is 3. The Morgan fingerprint density at radius 3 is 1.95 bits per heavy atom. The Balaban J connectivity index is 1.08. The predicted molar refractivity (Wildman–Crippen MR) is 303 cm³/mol. The third-order valence-corrected chi connectivity index (χ3v) is 14.7. The molecule has 0 spiro atoms. The Morgan fingerprint density at radius 2 is 1.36 bits per heavy atom. The molecule has 2 amide bonds. The van der Waals surface area contributed by atoms with E-state index in [2.05, 4.69) is 39.3 Å². The van der Waals surface area contributed by atoms with Crippen LogP contribution in [0.25, 0.3) is 22.3 Å². The Hall–Kier alpha value is -8.68. The number of hydrogen-bond donors (Lipinski definition) is 3. The summed E-state index contributed by atoms with van der Waals surface area (Å²) in [6, 6.07) is 38.1. The zero-order chi connectivity index (χ0) is 56.9. The molecule has 0 radical (unpaired) electrons. The van der Waals surface area contributed by atoms with Gasteiger partial charge in [-0.3, -0.25) is 19.0 Å². The standard InChI is InChI=1S/C62H68N8O11/c1-6-8-33-69(34-9-7-2)38-66-57-55-58(64-37-63-57)70(39-65-55)60-56(81-53(73)32-31-52(71)72)54(68-59(74)40(3)67-61(75)78-35-50-48-21-15-13-19-46(48)47-20-14-16-22-49(47)50)51(80-60)36-79-62(41-17-11-10-12-18-41,42-23-27-44(76-4)28-24-42)43-25-29-45(77-5)30-26-43/h10-30,37-40,50-51,54,56,60H,6-9,31-36H2,1-5H3,(H,67,75)(H,68,74)(H,71,72)/b66-38+/t40-,51+,54+,56+,60+/m0/s1. The fourth-order valence-corrected chi connectivity index (χ4v) is 10.5. The smallest absolute Gasteiger partial charge is 0.407 e. The number of hydrogen-bond acceptors (Lipinski definition) is 14. The number of benzene rings is 5. The van der Waals surface area contributed by atoms with Gasteiger partial charge in [-0.2, -0.15) is 0 Å². The lowest BCUT2D eigenvalue weighted by Gasteiger charge is -2.37. The van der Waals surface area contributed by atoms with Crippen LogP contribution in [0.15, 0.2) is 145 Å². The summed E-state index contributed by atoms with van der Waals surface area (Å²) < 4.78 is 39.2. The Morgan fingerprint density at radius 1 is 0.765 bits per heavy atom. The van der Waals surface area contributed by atoms with Crippen LogP contribution in [0.2, 0.25) is 0 Å².